The lowest BCUT2D eigenvalue weighted by atomic mass is 10.1. The van der Waals surface area contributed by atoms with Crippen molar-refractivity contribution < 1.29 is 13.5 Å². The van der Waals surface area contributed by atoms with Crippen molar-refractivity contribution in [2.45, 2.75) is 26.3 Å². The Morgan fingerprint density at radius 2 is 1.86 bits per heavy atom. The van der Waals surface area contributed by atoms with Crippen LogP contribution in [0.1, 0.15) is 25.2 Å². The fourth-order valence-corrected chi connectivity index (χ4v) is 4.37. The van der Waals surface area contributed by atoms with E-state index in [1.54, 1.807) is 6.07 Å². The smallest absolute Gasteiger partial charge is 0.178 e. The highest BCUT2D eigenvalue weighted by molar-refractivity contribution is 5.82. The number of benzene rings is 2. The Balaban J connectivity index is 1.50. The molecule has 0 fully saturated rings. The summed E-state index contributed by atoms with van der Waals surface area (Å²) in [5.74, 6) is -0.474. The van der Waals surface area contributed by atoms with Gasteiger partial charge in [-0.15, -0.1) is 0 Å². The number of hydrogen-bond acceptors (Lipinski definition) is 6. The minimum atomic E-state index is -0.598. The monoisotopic (exact) mass is 475 g/mol. The van der Waals surface area contributed by atoms with Gasteiger partial charge in [0.1, 0.15) is 18.1 Å². The van der Waals surface area contributed by atoms with Crippen LogP contribution >= 0.6 is 0 Å². The Kier molecular flexibility index (Phi) is 5.96. The molecule has 1 aliphatic rings. The third-order valence-electron chi connectivity index (χ3n) is 6.21. The van der Waals surface area contributed by atoms with Crippen LogP contribution in [-0.4, -0.2) is 48.2 Å². The van der Waals surface area contributed by atoms with Crippen LogP contribution in [0.25, 0.3) is 22.2 Å². The minimum absolute atomic E-state index is 0.0725. The summed E-state index contributed by atoms with van der Waals surface area (Å²) in [5, 5.41) is 1.00. The first-order valence-corrected chi connectivity index (χ1v) is 11.6. The second-order valence-corrected chi connectivity index (χ2v) is 9.22. The first-order valence-electron chi connectivity index (χ1n) is 11.6. The van der Waals surface area contributed by atoms with Crippen LogP contribution in [0.3, 0.4) is 0 Å². The predicted octanol–water partition coefficient (Wildman–Crippen LogP) is 5.23. The molecule has 0 N–H and O–H groups in total. The number of anilines is 2. The van der Waals surface area contributed by atoms with E-state index in [4.69, 9.17) is 4.74 Å². The minimum Gasteiger partial charge on any atom is -0.486 e. The van der Waals surface area contributed by atoms with Crippen molar-refractivity contribution in [3.05, 3.63) is 71.8 Å². The third kappa shape index (κ3) is 4.48. The molecule has 1 aliphatic heterocycles. The van der Waals surface area contributed by atoms with Gasteiger partial charge in [0.2, 0.25) is 0 Å². The molecule has 0 saturated carbocycles. The number of fused-ring (bicyclic) bond motifs is 2. The molecule has 8 heteroatoms. The molecular weight excluding hydrogens is 448 g/mol. The quantitative estimate of drug-likeness (QED) is 0.394. The molecule has 180 valence electrons. The van der Waals surface area contributed by atoms with E-state index in [9.17, 15) is 8.78 Å². The number of pyridine rings is 1. The normalized spacial score (nSPS) is 13.2. The summed E-state index contributed by atoms with van der Waals surface area (Å²) in [5.41, 5.74) is 3.91. The first kappa shape index (κ1) is 23.0. The van der Waals surface area contributed by atoms with Crippen molar-refractivity contribution >= 4 is 22.3 Å². The third-order valence-corrected chi connectivity index (χ3v) is 6.21. The van der Waals surface area contributed by atoms with Crippen LogP contribution in [-0.2, 0) is 6.42 Å². The Bertz CT molecular complexity index is 1410. The van der Waals surface area contributed by atoms with Gasteiger partial charge in [-0.3, -0.25) is 4.98 Å². The van der Waals surface area contributed by atoms with Gasteiger partial charge < -0.3 is 14.5 Å². The number of ether oxygens (including phenoxy) is 1. The zero-order chi connectivity index (χ0) is 24.7. The van der Waals surface area contributed by atoms with Crippen LogP contribution in [0.5, 0.6) is 5.75 Å². The SMILES string of the molecule is CC(C)N1CCOc2c(F)cc(-c3nc(Cc4ccc5ncc(N(C)C)cc5c4)ncc3F)cc21. The van der Waals surface area contributed by atoms with Gasteiger partial charge in [-0.2, -0.15) is 0 Å². The maximum absolute atomic E-state index is 14.9. The van der Waals surface area contributed by atoms with Crippen LogP contribution < -0.4 is 14.5 Å². The van der Waals surface area contributed by atoms with Crippen molar-refractivity contribution in [3.8, 4) is 17.0 Å². The summed E-state index contributed by atoms with van der Waals surface area (Å²) < 4.78 is 35.3. The molecule has 0 saturated heterocycles. The van der Waals surface area contributed by atoms with E-state index in [1.165, 1.54) is 6.07 Å². The second kappa shape index (κ2) is 9.09. The molecule has 6 nitrogen and oxygen atoms in total. The summed E-state index contributed by atoms with van der Waals surface area (Å²) >= 11 is 0. The summed E-state index contributed by atoms with van der Waals surface area (Å²) in [7, 11) is 3.94. The molecule has 0 bridgehead atoms. The standard InChI is InChI=1S/C27H27F2N5O/c1-16(2)34-7-8-35-27-21(28)12-19(13-24(27)34)26-22(29)15-31-25(32-26)10-17-5-6-23-18(9-17)11-20(14-30-23)33(3)4/h5-6,9,11-16H,7-8,10H2,1-4H3. The van der Waals surface area contributed by atoms with Crippen molar-refractivity contribution in [1.29, 1.82) is 0 Å². The predicted molar refractivity (Wildman–Crippen MR) is 134 cm³/mol. The van der Waals surface area contributed by atoms with E-state index in [-0.39, 0.29) is 17.5 Å². The van der Waals surface area contributed by atoms with Crippen LogP contribution in [0.2, 0.25) is 0 Å². The molecule has 0 spiro atoms. The maximum atomic E-state index is 14.9. The largest absolute Gasteiger partial charge is 0.486 e. The Morgan fingerprint density at radius 3 is 2.63 bits per heavy atom. The van der Waals surface area contributed by atoms with Crippen molar-refractivity contribution in [1.82, 2.24) is 15.0 Å². The van der Waals surface area contributed by atoms with Gasteiger partial charge in [-0.1, -0.05) is 6.07 Å². The summed E-state index contributed by atoms with van der Waals surface area (Å²) in [6, 6.07) is 11.2. The molecule has 2 aromatic carbocycles. The molecule has 5 rings (SSSR count). The van der Waals surface area contributed by atoms with Gasteiger partial charge in [0, 0.05) is 37.5 Å². The lowest BCUT2D eigenvalue weighted by Gasteiger charge is -2.34. The zero-order valence-corrected chi connectivity index (χ0v) is 20.2. The van der Waals surface area contributed by atoms with Crippen molar-refractivity contribution in [2.24, 2.45) is 0 Å². The summed E-state index contributed by atoms with van der Waals surface area (Å²) in [4.78, 5) is 17.2. The van der Waals surface area contributed by atoms with E-state index in [0.717, 1.165) is 28.4 Å². The highest BCUT2D eigenvalue weighted by Crippen LogP contribution is 2.39. The number of aromatic nitrogens is 3. The lowest BCUT2D eigenvalue weighted by molar-refractivity contribution is 0.287. The molecule has 0 atom stereocenters. The van der Waals surface area contributed by atoms with E-state index < -0.39 is 11.6 Å². The number of nitrogens with zero attached hydrogens (tertiary/aromatic N) is 5. The van der Waals surface area contributed by atoms with Gasteiger partial charge in [-0.05, 0) is 49.7 Å². The fraction of sp³-hybridized carbons (Fsp3) is 0.296. The number of halogens is 2. The first-order chi connectivity index (χ1) is 16.8. The van der Waals surface area contributed by atoms with E-state index >= 15 is 0 Å². The van der Waals surface area contributed by atoms with E-state index in [1.807, 2.05) is 57.2 Å². The van der Waals surface area contributed by atoms with Crippen LogP contribution in [0.15, 0.2) is 48.8 Å². The molecule has 2 aromatic heterocycles. The Labute approximate surface area is 203 Å². The summed E-state index contributed by atoms with van der Waals surface area (Å²) in [6.07, 6.45) is 3.39. The van der Waals surface area contributed by atoms with Gasteiger partial charge in [-0.25, -0.2) is 18.7 Å². The molecule has 0 unspecified atom stereocenters. The van der Waals surface area contributed by atoms with Crippen molar-refractivity contribution in [3.63, 3.8) is 0 Å². The highest BCUT2D eigenvalue weighted by Gasteiger charge is 2.25. The van der Waals surface area contributed by atoms with E-state index in [0.29, 0.717) is 36.6 Å². The van der Waals surface area contributed by atoms with E-state index in [2.05, 4.69) is 25.9 Å². The molecule has 4 aromatic rings. The molecule has 0 aliphatic carbocycles. The Hall–Kier alpha value is -3.81. The molecule has 3 heterocycles. The van der Waals surface area contributed by atoms with Crippen molar-refractivity contribution in [2.75, 3.05) is 37.0 Å². The van der Waals surface area contributed by atoms with Crippen LogP contribution in [0.4, 0.5) is 20.2 Å². The van der Waals surface area contributed by atoms with Gasteiger partial charge in [0.05, 0.1) is 35.8 Å². The lowest BCUT2D eigenvalue weighted by Crippen LogP contribution is -2.38. The van der Waals surface area contributed by atoms with Gasteiger partial charge in [0.15, 0.2) is 17.4 Å². The molecule has 0 radical (unpaired) electrons. The molecule has 35 heavy (non-hydrogen) atoms. The number of rotatable bonds is 5. The number of hydrogen-bond donors (Lipinski definition) is 0. The summed E-state index contributed by atoms with van der Waals surface area (Å²) in [6.45, 7) is 5.11. The molecular formula is C27H27F2N5O. The van der Waals surface area contributed by atoms with Gasteiger partial charge in [0.25, 0.3) is 0 Å². The highest BCUT2D eigenvalue weighted by atomic mass is 19.1. The molecule has 0 amide bonds. The zero-order valence-electron chi connectivity index (χ0n) is 20.2. The van der Waals surface area contributed by atoms with Crippen LogP contribution in [0, 0.1) is 11.6 Å². The maximum Gasteiger partial charge on any atom is 0.178 e. The average Bonchev–Trinajstić information content (AvgIpc) is 2.84. The topological polar surface area (TPSA) is 54.4 Å². The average molecular weight is 476 g/mol. The fourth-order valence-electron chi connectivity index (χ4n) is 4.37. The second-order valence-electron chi connectivity index (χ2n) is 9.22. The van der Waals surface area contributed by atoms with Gasteiger partial charge >= 0.3 is 0 Å². The Morgan fingerprint density at radius 1 is 1.03 bits per heavy atom.